The van der Waals surface area contributed by atoms with Crippen molar-refractivity contribution in [2.24, 2.45) is 0 Å². The number of amides is 1. The second kappa shape index (κ2) is 7.56. The number of carbonyl (C=O) groups is 1. The lowest BCUT2D eigenvalue weighted by molar-refractivity contribution is -0.132. The molecule has 4 rings (SSSR count). The maximum atomic E-state index is 14.2. The second-order valence-electron chi connectivity index (χ2n) is 7.54. The first-order valence-electron chi connectivity index (χ1n) is 9.35. The van der Waals surface area contributed by atoms with E-state index < -0.39 is 40.9 Å². The van der Waals surface area contributed by atoms with Gasteiger partial charge in [0.1, 0.15) is 0 Å². The lowest BCUT2D eigenvalue weighted by atomic mass is 9.94. The standard InChI is InChI=1S/C19H19F4N3O2S/c20-11-6-12(21)18(23)16(17(11)22)9-5-14-13(24-19(29)26(14)8-9)7-15(28)25-3-1-10(27)2-4-25/h6,9-10,27H,1-5,7-8H2,(H,24,29)/t9-/m0/s1. The van der Waals surface area contributed by atoms with Gasteiger partial charge >= 0.3 is 0 Å². The lowest BCUT2D eigenvalue weighted by Crippen LogP contribution is -2.40. The molecule has 3 heterocycles. The van der Waals surface area contributed by atoms with Gasteiger partial charge in [-0.2, -0.15) is 0 Å². The van der Waals surface area contributed by atoms with Crippen molar-refractivity contribution in [3.05, 3.63) is 51.1 Å². The van der Waals surface area contributed by atoms with Crippen LogP contribution in [-0.4, -0.2) is 44.7 Å². The van der Waals surface area contributed by atoms with Crippen LogP contribution in [0, 0.1) is 28.0 Å². The van der Waals surface area contributed by atoms with Gasteiger partial charge in [0.05, 0.1) is 12.5 Å². The second-order valence-corrected chi connectivity index (χ2v) is 7.92. The van der Waals surface area contributed by atoms with Gasteiger partial charge in [0, 0.05) is 48.6 Å². The highest BCUT2D eigenvalue weighted by molar-refractivity contribution is 7.71. The lowest BCUT2D eigenvalue weighted by Gasteiger charge is -2.29. The van der Waals surface area contributed by atoms with E-state index in [0.29, 0.717) is 37.3 Å². The number of aliphatic hydroxyl groups is 1. The van der Waals surface area contributed by atoms with Crippen LogP contribution in [0.25, 0.3) is 0 Å². The van der Waals surface area contributed by atoms with Crippen LogP contribution >= 0.6 is 12.2 Å². The summed E-state index contributed by atoms with van der Waals surface area (Å²) < 4.78 is 57.5. The molecule has 2 N–H and O–H groups in total. The molecule has 0 saturated carbocycles. The maximum absolute atomic E-state index is 14.2. The van der Waals surface area contributed by atoms with Gasteiger partial charge in [-0.05, 0) is 31.5 Å². The van der Waals surface area contributed by atoms with Crippen molar-refractivity contribution in [1.29, 1.82) is 0 Å². The number of rotatable bonds is 3. The van der Waals surface area contributed by atoms with Crippen molar-refractivity contribution >= 4 is 18.1 Å². The molecule has 156 valence electrons. The Balaban J connectivity index is 1.58. The van der Waals surface area contributed by atoms with E-state index >= 15 is 0 Å². The number of H-pyrrole nitrogens is 1. The van der Waals surface area contributed by atoms with Crippen molar-refractivity contribution < 1.29 is 27.5 Å². The number of benzene rings is 1. The van der Waals surface area contributed by atoms with Gasteiger partial charge in [0.25, 0.3) is 0 Å². The normalized spacial score (nSPS) is 19.6. The van der Waals surface area contributed by atoms with Gasteiger partial charge in [-0.15, -0.1) is 0 Å². The number of hydrogen-bond donors (Lipinski definition) is 2. The van der Waals surface area contributed by atoms with E-state index in [1.807, 2.05) is 0 Å². The topological polar surface area (TPSA) is 61.3 Å². The van der Waals surface area contributed by atoms with E-state index in [0.717, 1.165) is 0 Å². The van der Waals surface area contributed by atoms with Gasteiger partial charge in [0.15, 0.2) is 28.0 Å². The highest BCUT2D eigenvalue weighted by atomic mass is 32.1. The SMILES string of the molecule is O=C(Cc1[nH]c(=S)n2c1C[C@H](c1c(F)c(F)cc(F)c1F)C2)N1CCC(O)CC1. The maximum Gasteiger partial charge on any atom is 0.228 e. The minimum atomic E-state index is -1.44. The molecule has 2 aliphatic heterocycles. The summed E-state index contributed by atoms with van der Waals surface area (Å²) in [7, 11) is 0. The first kappa shape index (κ1) is 20.1. The highest BCUT2D eigenvalue weighted by Gasteiger charge is 2.34. The van der Waals surface area contributed by atoms with Crippen LogP contribution in [-0.2, 0) is 24.2 Å². The van der Waals surface area contributed by atoms with Crippen molar-refractivity contribution in [3.63, 3.8) is 0 Å². The predicted molar refractivity (Wildman–Crippen MR) is 97.9 cm³/mol. The Morgan fingerprint density at radius 2 is 1.79 bits per heavy atom. The third-order valence-corrected chi connectivity index (χ3v) is 6.04. The molecule has 2 aliphatic rings. The molecule has 1 amide bonds. The quantitative estimate of drug-likeness (QED) is 0.448. The Labute approximate surface area is 169 Å². The smallest absolute Gasteiger partial charge is 0.228 e. The number of imidazole rings is 1. The average molecular weight is 429 g/mol. The van der Waals surface area contributed by atoms with Crippen LogP contribution in [0.1, 0.15) is 35.7 Å². The molecule has 2 aromatic rings. The highest BCUT2D eigenvalue weighted by Crippen LogP contribution is 2.36. The van der Waals surface area contributed by atoms with E-state index in [4.69, 9.17) is 12.2 Å². The molecule has 0 aliphatic carbocycles. The zero-order valence-corrected chi connectivity index (χ0v) is 16.2. The average Bonchev–Trinajstić information content (AvgIpc) is 3.22. The van der Waals surface area contributed by atoms with E-state index in [9.17, 15) is 27.5 Å². The molecule has 1 saturated heterocycles. The summed E-state index contributed by atoms with van der Waals surface area (Å²) in [6.07, 6.45) is 0.756. The summed E-state index contributed by atoms with van der Waals surface area (Å²) in [4.78, 5) is 17.2. The number of carbonyl (C=O) groups excluding carboxylic acids is 1. The minimum absolute atomic E-state index is 0.0251. The van der Waals surface area contributed by atoms with Gasteiger partial charge in [-0.1, -0.05) is 0 Å². The van der Waals surface area contributed by atoms with Crippen LogP contribution in [0.2, 0.25) is 0 Å². The summed E-state index contributed by atoms with van der Waals surface area (Å²) in [5, 5.41) is 9.57. The number of hydrogen-bond acceptors (Lipinski definition) is 3. The molecular formula is C19H19F4N3O2S. The van der Waals surface area contributed by atoms with Crippen molar-refractivity contribution in [2.75, 3.05) is 13.1 Å². The summed E-state index contributed by atoms with van der Waals surface area (Å²) in [5.41, 5.74) is 0.503. The summed E-state index contributed by atoms with van der Waals surface area (Å²) >= 11 is 5.26. The molecule has 0 radical (unpaired) electrons. The molecule has 1 atom stereocenters. The number of piperidine rings is 1. The Kier molecular flexibility index (Phi) is 5.24. The molecule has 0 spiro atoms. The molecule has 10 heteroatoms. The van der Waals surface area contributed by atoms with Crippen LogP contribution in [0.3, 0.4) is 0 Å². The Bertz CT molecular complexity index is 1000. The molecular weight excluding hydrogens is 410 g/mol. The number of aromatic nitrogens is 2. The fraction of sp³-hybridized carbons (Fsp3) is 0.474. The molecule has 5 nitrogen and oxygen atoms in total. The first-order valence-corrected chi connectivity index (χ1v) is 9.76. The zero-order chi connectivity index (χ0) is 20.9. The predicted octanol–water partition coefficient (Wildman–Crippen LogP) is 2.97. The number of halogens is 4. The van der Waals surface area contributed by atoms with Crippen molar-refractivity contribution in [3.8, 4) is 0 Å². The van der Waals surface area contributed by atoms with E-state index in [1.54, 1.807) is 9.47 Å². The Hall–Kier alpha value is -2.20. The summed E-state index contributed by atoms with van der Waals surface area (Å²) in [6, 6.07) is 0.190. The molecule has 1 aromatic carbocycles. The van der Waals surface area contributed by atoms with E-state index in [1.165, 1.54) is 0 Å². The number of fused-ring (bicyclic) bond motifs is 1. The number of nitrogens with one attached hydrogen (secondary N) is 1. The monoisotopic (exact) mass is 429 g/mol. The first-order chi connectivity index (χ1) is 13.8. The van der Waals surface area contributed by atoms with Gasteiger partial charge < -0.3 is 19.6 Å². The number of likely N-dealkylation sites (tertiary alicyclic amines) is 1. The van der Waals surface area contributed by atoms with Crippen LogP contribution < -0.4 is 0 Å². The molecule has 0 unspecified atom stereocenters. The molecule has 0 bridgehead atoms. The van der Waals surface area contributed by atoms with Crippen LogP contribution in [0.5, 0.6) is 0 Å². The molecule has 1 aromatic heterocycles. The Morgan fingerprint density at radius 3 is 2.41 bits per heavy atom. The van der Waals surface area contributed by atoms with Gasteiger partial charge in [0.2, 0.25) is 5.91 Å². The summed E-state index contributed by atoms with van der Waals surface area (Å²) in [5.74, 6) is -6.66. The molecule has 1 fully saturated rings. The van der Waals surface area contributed by atoms with Crippen LogP contribution in [0.4, 0.5) is 17.6 Å². The third kappa shape index (κ3) is 3.59. The van der Waals surface area contributed by atoms with E-state index in [2.05, 4.69) is 4.98 Å². The Morgan fingerprint density at radius 1 is 1.17 bits per heavy atom. The number of aromatic amines is 1. The summed E-state index contributed by atoms with van der Waals surface area (Å²) in [6.45, 7) is 0.974. The fourth-order valence-corrected chi connectivity index (χ4v) is 4.47. The zero-order valence-electron chi connectivity index (χ0n) is 15.4. The van der Waals surface area contributed by atoms with Gasteiger partial charge in [-0.3, -0.25) is 4.79 Å². The van der Waals surface area contributed by atoms with Crippen molar-refractivity contribution in [2.45, 2.75) is 44.2 Å². The number of nitrogens with zero attached hydrogens (tertiary/aromatic N) is 2. The molecule has 29 heavy (non-hydrogen) atoms. The fourth-order valence-electron chi connectivity index (χ4n) is 4.17. The van der Waals surface area contributed by atoms with E-state index in [-0.39, 0.29) is 36.1 Å². The van der Waals surface area contributed by atoms with Gasteiger partial charge in [-0.25, -0.2) is 17.6 Å². The van der Waals surface area contributed by atoms with Crippen molar-refractivity contribution in [1.82, 2.24) is 14.5 Å². The minimum Gasteiger partial charge on any atom is -0.393 e. The van der Waals surface area contributed by atoms with Crippen LogP contribution in [0.15, 0.2) is 6.07 Å². The third-order valence-electron chi connectivity index (χ3n) is 5.72. The largest absolute Gasteiger partial charge is 0.393 e. The number of aliphatic hydroxyl groups excluding tert-OH is 1.